The molecule has 0 amide bonds. The van der Waals surface area contributed by atoms with Gasteiger partial charge in [-0.05, 0) is 61.1 Å². The Morgan fingerprint density at radius 2 is 1.60 bits per heavy atom. The Bertz CT molecular complexity index is 1140. The van der Waals surface area contributed by atoms with E-state index in [9.17, 15) is 18.1 Å². The van der Waals surface area contributed by atoms with Gasteiger partial charge in [-0.25, -0.2) is 4.99 Å². The van der Waals surface area contributed by atoms with Crippen molar-refractivity contribution >= 4 is 27.7 Å². The minimum atomic E-state index is -4.60. The van der Waals surface area contributed by atoms with Crippen LogP contribution < -0.4 is 16.4 Å². The third-order valence-electron chi connectivity index (χ3n) is 5.53. The van der Waals surface area contributed by atoms with E-state index in [1.165, 1.54) is 18.2 Å². The van der Waals surface area contributed by atoms with Gasteiger partial charge < -0.3 is 16.6 Å². The normalized spacial score (nSPS) is 18.8. The summed E-state index contributed by atoms with van der Waals surface area (Å²) >= 11 is 0. The van der Waals surface area contributed by atoms with Gasteiger partial charge in [-0.3, -0.25) is 9.45 Å². The quantitative estimate of drug-likeness (QED) is 0.546. The second-order valence-corrected chi connectivity index (χ2v) is 8.91. The number of benzene rings is 2. The van der Waals surface area contributed by atoms with E-state index >= 15 is 0 Å². The molecule has 0 aromatic heterocycles. The van der Waals surface area contributed by atoms with Gasteiger partial charge in [-0.15, -0.1) is 0 Å². The molecule has 30 heavy (non-hydrogen) atoms. The average molecular weight is 430 g/mol. The molecule has 1 aliphatic carbocycles. The van der Waals surface area contributed by atoms with Crippen molar-refractivity contribution in [1.29, 1.82) is 0 Å². The van der Waals surface area contributed by atoms with Gasteiger partial charge in [0.15, 0.2) is 0 Å². The van der Waals surface area contributed by atoms with Gasteiger partial charge in [0.25, 0.3) is 10.1 Å². The summed E-state index contributed by atoms with van der Waals surface area (Å²) in [7, 11) is -4.60. The van der Waals surface area contributed by atoms with Crippen LogP contribution in [0.4, 0.5) is 5.69 Å². The van der Waals surface area contributed by atoms with Crippen LogP contribution in [0.1, 0.15) is 32.1 Å². The molecule has 6 N–H and O–H groups in total. The van der Waals surface area contributed by atoms with Gasteiger partial charge >= 0.3 is 0 Å². The van der Waals surface area contributed by atoms with E-state index < -0.39 is 15.8 Å². The van der Waals surface area contributed by atoms with Gasteiger partial charge in [0.1, 0.15) is 16.3 Å². The summed E-state index contributed by atoms with van der Waals surface area (Å²) in [6, 6.07) is 11.0. The van der Waals surface area contributed by atoms with Gasteiger partial charge in [0.2, 0.25) is 11.9 Å². The number of nitrogens with zero attached hydrogens (tertiary/aromatic N) is 3. The zero-order chi connectivity index (χ0) is 21.5. The Kier molecular flexibility index (Phi) is 4.91. The van der Waals surface area contributed by atoms with Crippen LogP contribution in [0, 0.1) is 0 Å². The van der Waals surface area contributed by atoms with Crippen molar-refractivity contribution in [1.82, 2.24) is 0 Å². The summed E-state index contributed by atoms with van der Waals surface area (Å²) < 4.78 is 34.7. The second-order valence-electron chi connectivity index (χ2n) is 7.52. The van der Waals surface area contributed by atoms with Crippen molar-refractivity contribution in [2.24, 2.45) is 21.5 Å². The monoisotopic (exact) mass is 429 g/mol. The van der Waals surface area contributed by atoms with E-state index in [2.05, 4.69) is 9.98 Å². The Labute approximate surface area is 174 Å². The Balaban J connectivity index is 1.89. The van der Waals surface area contributed by atoms with E-state index in [0.29, 0.717) is 24.0 Å². The molecule has 0 bridgehead atoms. The zero-order valence-corrected chi connectivity index (χ0v) is 17.0. The first-order valence-electron chi connectivity index (χ1n) is 9.60. The summed E-state index contributed by atoms with van der Waals surface area (Å²) in [6.45, 7) is 0. The maximum absolute atomic E-state index is 12.3. The molecular weight excluding hydrogens is 406 g/mol. The van der Waals surface area contributed by atoms with E-state index in [4.69, 9.17) is 11.5 Å². The third kappa shape index (κ3) is 3.59. The van der Waals surface area contributed by atoms with E-state index in [1.807, 2.05) is 0 Å². The number of anilines is 1. The molecule has 4 rings (SSSR count). The first-order valence-corrected chi connectivity index (χ1v) is 11.0. The lowest BCUT2D eigenvalue weighted by Crippen LogP contribution is -2.58. The number of aromatic hydroxyl groups is 1. The maximum atomic E-state index is 12.3. The molecule has 0 radical (unpaired) electrons. The number of nitrogens with two attached hydrogens (primary N) is 2. The predicted octanol–water partition coefficient (Wildman–Crippen LogP) is 2.42. The number of hydrogen-bond acceptors (Lipinski definition) is 8. The molecule has 1 saturated carbocycles. The van der Waals surface area contributed by atoms with Crippen molar-refractivity contribution in [2.75, 3.05) is 4.90 Å². The van der Waals surface area contributed by atoms with Gasteiger partial charge in [-0.2, -0.15) is 13.4 Å². The first-order chi connectivity index (χ1) is 14.2. The van der Waals surface area contributed by atoms with Crippen molar-refractivity contribution in [3.63, 3.8) is 0 Å². The molecular formula is C20H23N5O4S. The highest BCUT2D eigenvalue weighted by Crippen LogP contribution is 2.42. The topological polar surface area (TPSA) is 155 Å². The van der Waals surface area contributed by atoms with E-state index in [0.717, 1.165) is 19.3 Å². The van der Waals surface area contributed by atoms with Crippen molar-refractivity contribution in [3.05, 3.63) is 42.5 Å². The molecule has 158 valence electrons. The fraction of sp³-hybridized carbons (Fsp3) is 0.300. The van der Waals surface area contributed by atoms with Crippen LogP contribution in [-0.2, 0) is 10.1 Å². The summed E-state index contributed by atoms with van der Waals surface area (Å²) in [5.41, 5.74) is 12.7. The van der Waals surface area contributed by atoms with Crippen LogP contribution in [-0.4, -0.2) is 35.7 Å². The second kappa shape index (κ2) is 7.29. The van der Waals surface area contributed by atoms with E-state index in [-0.39, 0.29) is 28.3 Å². The van der Waals surface area contributed by atoms with Gasteiger partial charge in [0.05, 0.1) is 5.69 Å². The van der Waals surface area contributed by atoms with Crippen LogP contribution in [0.15, 0.2) is 57.3 Å². The van der Waals surface area contributed by atoms with Crippen LogP contribution in [0.5, 0.6) is 5.75 Å². The molecule has 2 aromatic rings. The number of phenols is 1. The van der Waals surface area contributed by atoms with Crippen LogP contribution in [0.3, 0.4) is 0 Å². The van der Waals surface area contributed by atoms with Gasteiger partial charge in [-0.1, -0.05) is 24.6 Å². The summed E-state index contributed by atoms with van der Waals surface area (Å²) in [6.07, 6.45) is 4.07. The third-order valence-corrected chi connectivity index (χ3v) is 6.41. The van der Waals surface area contributed by atoms with Crippen molar-refractivity contribution in [2.45, 2.75) is 42.7 Å². The number of rotatable bonds is 3. The Morgan fingerprint density at radius 1 is 0.967 bits per heavy atom. The minimum Gasteiger partial charge on any atom is -0.508 e. The average Bonchev–Trinajstić information content (AvgIpc) is 2.68. The zero-order valence-electron chi connectivity index (χ0n) is 16.2. The highest BCUT2D eigenvalue weighted by molar-refractivity contribution is 7.86. The molecule has 9 nitrogen and oxygen atoms in total. The lowest BCUT2D eigenvalue weighted by atomic mass is 9.87. The molecule has 0 unspecified atom stereocenters. The molecule has 0 saturated heterocycles. The number of hydrogen-bond donors (Lipinski definition) is 4. The SMILES string of the molecule is NC1=NC2(CCCCC2)N(c2ccc(-c3ccc(O)cc3)cc2S(=O)(=O)O)C(N)=N1. The number of aliphatic imine (C=N–C) groups is 2. The molecule has 1 spiro atoms. The first kappa shape index (κ1) is 20.2. The van der Waals surface area contributed by atoms with E-state index in [1.54, 1.807) is 29.2 Å². The fourth-order valence-electron chi connectivity index (χ4n) is 4.21. The molecule has 1 aliphatic heterocycles. The largest absolute Gasteiger partial charge is 0.508 e. The highest BCUT2D eigenvalue weighted by Gasteiger charge is 2.44. The lowest BCUT2D eigenvalue weighted by Gasteiger charge is -2.46. The van der Waals surface area contributed by atoms with Crippen LogP contribution in [0.25, 0.3) is 11.1 Å². The van der Waals surface area contributed by atoms with Crippen molar-refractivity contribution in [3.8, 4) is 16.9 Å². The number of guanidine groups is 2. The molecule has 1 fully saturated rings. The van der Waals surface area contributed by atoms with Crippen LogP contribution in [0.2, 0.25) is 0 Å². The summed E-state index contributed by atoms with van der Waals surface area (Å²) in [5, 5.41) is 9.50. The predicted molar refractivity (Wildman–Crippen MR) is 115 cm³/mol. The Morgan fingerprint density at radius 3 is 2.23 bits per heavy atom. The summed E-state index contributed by atoms with van der Waals surface area (Å²) in [4.78, 5) is 9.87. The molecule has 1 heterocycles. The minimum absolute atomic E-state index is 0.0340. The maximum Gasteiger partial charge on any atom is 0.296 e. The number of phenolic OH excluding ortho intramolecular Hbond substituents is 1. The van der Waals surface area contributed by atoms with Gasteiger partial charge in [0, 0.05) is 0 Å². The lowest BCUT2D eigenvalue weighted by molar-refractivity contribution is 0.304. The fourth-order valence-corrected chi connectivity index (χ4v) is 4.91. The highest BCUT2D eigenvalue weighted by atomic mass is 32.2. The van der Waals surface area contributed by atoms with Crippen molar-refractivity contribution < 1.29 is 18.1 Å². The summed E-state index contributed by atoms with van der Waals surface area (Å²) in [5.74, 6) is 0.184. The smallest absolute Gasteiger partial charge is 0.296 e. The Hall–Kier alpha value is -3.11. The molecule has 2 aromatic carbocycles. The standard InChI is InChI=1S/C20H23N5O4S/c21-18-23-19(22)25(20(24-18)10-2-1-3-11-20)16-9-6-14(12-17(16)30(27,28)29)13-4-7-15(26)8-5-13/h4-9,12,26H,1-3,10-11H2,(H,27,28,29)(H4,21,22,23,24). The van der Waals surface area contributed by atoms with Crippen LogP contribution >= 0.6 is 0 Å². The molecule has 2 aliphatic rings. The molecule has 0 atom stereocenters. The molecule has 10 heteroatoms.